The van der Waals surface area contributed by atoms with Crippen LogP contribution in [0.4, 0.5) is 4.79 Å². The van der Waals surface area contributed by atoms with Crippen molar-refractivity contribution in [3.05, 3.63) is 76.7 Å². The Labute approximate surface area is 198 Å². The van der Waals surface area contributed by atoms with Gasteiger partial charge in [0.1, 0.15) is 18.1 Å². The minimum Gasteiger partial charge on any atom is -0.493 e. The molecule has 6 heteroatoms. The van der Waals surface area contributed by atoms with Crippen molar-refractivity contribution in [1.29, 1.82) is 0 Å². The Morgan fingerprint density at radius 1 is 0.970 bits per heavy atom. The number of hydrogen-bond donors (Lipinski definition) is 0. The molecule has 0 atom stereocenters. The van der Waals surface area contributed by atoms with Crippen LogP contribution in [0.15, 0.2) is 65.6 Å². The maximum Gasteiger partial charge on any atom is 0.293 e. The number of nitrogens with zero attached hydrogens (tertiary/aromatic N) is 1. The number of imide groups is 1. The lowest BCUT2D eigenvalue weighted by Crippen LogP contribution is -2.32. The molecule has 0 N–H and O–H groups in total. The summed E-state index contributed by atoms with van der Waals surface area (Å²) in [5.74, 6) is 1.14. The summed E-state index contributed by atoms with van der Waals surface area (Å²) in [7, 11) is 0. The van der Waals surface area contributed by atoms with Gasteiger partial charge in [0.2, 0.25) is 0 Å². The predicted octanol–water partition coefficient (Wildman–Crippen LogP) is 6.44. The third kappa shape index (κ3) is 5.40. The third-order valence-electron chi connectivity index (χ3n) is 5.41. The van der Waals surface area contributed by atoms with Gasteiger partial charge in [-0.1, -0.05) is 55.8 Å². The van der Waals surface area contributed by atoms with E-state index in [0.717, 1.165) is 58.0 Å². The second-order valence-electron chi connectivity index (χ2n) is 7.90. The molecule has 0 aromatic heterocycles. The first kappa shape index (κ1) is 22.9. The van der Waals surface area contributed by atoms with Crippen molar-refractivity contribution in [2.24, 2.45) is 0 Å². The topological polar surface area (TPSA) is 55.8 Å². The number of amides is 2. The maximum atomic E-state index is 13.0. The molecule has 0 aliphatic carbocycles. The van der Waals surface area contributed by atoms with Gasteiger partial charge in [0.15, 0.2) is 0 Å². The van der Waals surface area contributed by atoms with Crippen LogP contribution in [-0.2, 0) is 4.79 Å². The van der Waals surface area contributed by atoms with E-state index in [1.54, 1.807) is 6.08 Å². The molecule has 0 bridgehead atoms. The van der Waals surface area contributed by atoms with E-state index in [9.17, 15) is 9.59 Å². The monoisotopic (exact) mass is 461 g/mol. The first-order valence-corrected chi connectivity index (χ1v) is 12.0. The number of ether oxygens (including phenoxy) is 2. The average Bonchev–Trinajstić information content (AvgIpc) is 3.08. The summed E-state index contributed by atoms with van der Waals surface area (Å²) in [6, 6.07) is 19.6. The summed E-state index contributed by atoms with van der Waals surface area (Å²) in [5.41, 5.74) is 1.92. The Balaban J connectivity index is 1.54. The lowest BCUT2D eigenvalue weighted by Gasteiger charge is -2.14. The number of unbranched alkanes of at least 4 members (excludes halogenated alkanes) is 1. The summed E-state index contributed by atoms with van der Waals surface area (Å²) in [6.45, 7) is 5.15. The van der Waals surface area contributed by atoms with Gasteiger partial charge in [-0.05, 0) is 65.7 Å². The summed E-state index contributed by atoms with van der Waals surface area (Å²) in [4.78, 5) is 27.3. The van der Waals surface area contributed by atoms with Gasteiger partial charge in [0.05, 0.1) is 18.1 Å². The molecule has 170 valence electrons. The van der Waals surface area contributed by atoms with Crippen molar-refractivity contribution >= 4 is 39.8 Å². The van der Waals surface area contributed by atoms with Gasteiger partial charge >= 0.3 is 0 Å². The molecule has 0 unspecified atom stereocenters. The minimum atomic E-state index is -0.301. The van der Waals surface area contributed by atoms with E-state index in [1.807, 2.05) is 67.6 Å². The Bertz CT molecular complexity index is 1200. The third-order valence-corrected chi connectivity index (χ3v) is 6.32. The lowest BCUT2D eigenvalue weighted by molar-refractivity contribution is -0.123. The van der Waals surface area contributed by atoms with Gasteiger partial charge in [0, 0.05) is 5.56 Å². The fraction of sp³-hybridized carbons (Fsp3) is 0.259. The van der Waals surface area contributed by atoms with Gasteiger partial charge in [-0.15, -0.1) is 0 Å². The Morgan fingerprint density at radius 3 is 2.64 bits per heavy atom. The van der Waals surface area contributed by atoms with Crippen molar-refractivity contribution in [2.45, 2.75) is 26.7 Å². The number of carbonyl (C=O) groups excluding carboxylic acids is 2. The fourth-order valence-electron chi connectivity index (χ4n) is 3.66. The summed E-state index contributed by atoms with van der Waals surface area (Å²) in [6.07, 6.45) is 3.77. The zero-order valence-electron chi connectivity index (χ0n) is 18.9. The fourth-order valence-corrected chi connectivity index (χ4v) is 4.51. The Kier molecular flexibility index (Phi) is 7.35. The second-order valence-corrected chi connectivity index (χ2v) is 8.89. The quantitative estimate of drug-likeness (QED) is 0.271. The van der Waals surface area contributed by atoms with Crippen molar-refractivity contribution in [3.63, 3.8) is 0 Å². The summed E-state index contributed by atoms with van der Waals surface area (Å²) in [5, 5.41) is 1.76. The molecule has 2 amide bonds. The molecule has 0 saturated carbocycles. The van der Waals surface area contributed by atoms with Crippen LogP contribution < -0.4 is 9.47 Å². The van der Waals surface area contributed by atoms with Gasteiger partial charge in [0.25, 0.3) is 11.1 Å². The van der Waals surface area contributed by atoms with E-state index >= 15 is 0 Å². The molecular formula is C27H27NO4S. The van der Waals surface area contributed by atoms with Crippen LogP contribution in [0.2, 0.25) is 0 Å². The molecule has 1 saturated heterocycles. The molecule has 3 aromatic carbocycles. The molecule has 0 spiro atoms. The van der Waals surface area contributed by atoms with Crippen LogP contribution in [0.25, 0.3) is 16.8 Å². The van der Waals surface area contributed by atoms with E-state index in [2.05, 4.69) is 6.92 Å². The van der Waals surface area contributed by atoms with Gasteiger partial charge in [-0.2, -0.15) is 0 Å². The summed E-state index contributed by atoms with van der Waals surface area (Å²) < 4.78 is 11.8. The molecule has 4 rings (SSSR count). The lowest BCUT2D eigenvalue weighted by atomic mass is 10.0. The highest BCUT2D eigenvalue weighted by atomic mass is 32.2. The van der Waals surface area contributed by atoms with Crippen molar-refractivity contribution in [3.8, 4) is 11.5 Å². The molecular weight excluding hydrogens is 434 g/mol. The van der Waals surface area contributed by atoms with Crippen molar-refractivity contribution < 1.29 is 19.1 Å². The van der Waals surface area contributed by atoms with E-state index in [1.165, 1.54) is 4.90 Å². The van der Waals surface area contributed by atoms with E-state index < -0.39 is 0 Å². The summed E-state index contributed by atoms with van der Waals surface area (Å²) >= 11 is 0.958. The van der Waals surface area contributed by atoms with Crippen LogP contribution in [0.3, 0.4) is 0 Å². The van der Waals surface area contributed by atoms with Crippen LogP contribution in [0, 0.1) is 6.92 Å². The number of benzene rings is 3. The van der Waals surface area contributed by atoms with E-state index in [4.69, 9.17) is 9.47 Å². The van der Waals surface area contributed by atoms with E-state index in [-0.39, 0.29) is 24.3 Å². The molecule has 1 heterocycles. The standard InChI is InChI=1S/C27H27NO4S/c1-3-4-15-32-24-13-12-20-9-5-6-11-22(20)23(24)18-25-26(29)28(27(30)33-25)14-16-31-21-10-7-8-19(2)17-21/h5-13,17-18H,3-4,14-16H2,1-2H3/b25-18-. The predicted molar refractivity (Wildman–Crippen MR) is 134 cm³/mol. The number of carbonyl (C=O) groups is 2. The molecule has 33 heavy (non-hydrogen) atoms. The number of rotatable bonds is 9. The molecule has 5 nitrogen and oxygen atoms in total. The van der Waals surface area contributed by atoms with Crippen molar-refractivity contribution in [1.82, 2.24) is 4.90 Å². The molecule has 3 aromatic rings. The first-order valence-electron chi connectivity index (χ1n) is 11.2. The molecule has 0 radical (unpaired) electrons. The van der Waals surface area contributed by atoms with Crippen LogP contribution in [0.1, 0.15) is 30.9 Å². The highest BCUT2D eigenvalue weighted by Gasteiger charge is 2.35. The zero-order chi connectivity index (χ0) is 23.2. The molecule has 1 fully saturated rings. The number of thioether (sulfide) groups is 1. The van der Waals surface area contributed by atoms with Crippen LogP contribution in [-0.4, -0.2) is 35.8 Å². The highest BCUT2D eigenvalue weighted by Crippen LogP contribution is 2.36. The smallest absolute Gasteiger partial charge is 0.293 e. The van der Waals surface area contributed by atoms with E-state index in [0.29, 0.717) is 11.5 Å². The van der Waals surface area contributed by atoms with Gasteiger partial charge < -0.3 is 9.47 Å². The Hall–Kier alpha value is -3.25. The number of fused-ring (bicyclic) bond motifs is 1. The average molecular weight is 462 g/mol. The molecule has 1 aliphatic rings. The first-order chi connectivity index (χ1) is 16.1. The SMILES string of the molecule is CCCCOc1ccc2ccccc2c1/C=C1\SC(=O)N(CCOc2cccc(C)c2)C1=O. The zero-order valence-corrected chi connectivity index (χ0v) is 19.7. The van der Waals surface area contributed by atoms with Gasteiger partial charge in [-0.3, -0.25) is 14.5 Å². The number of hydrogen-bond acceptors (Lipinski definition) is 5. The second kappa shape index (κ2) is 10.6. The maximum absolute atomic E-state index is 13.0. The largest absolute Gasteiger partial charge is 0.493 e. The molecule has 1 aliphatic heterocycles. The van der Waals surface area contributed by atoms with Crippen LogP contribution >= 0.6 is 11.8 Å². The highest BCUT2D eigenvalue weighted by molar-refractivity contribution is 8.18. The van der Waals surface area contributed by atoms with Crippen LogP contribution in [0.5, 0.6) is 11.5 Å². The number of aryl methyl sites for hydroxylation is 1. The van der Waals surface area contributed by atoms with Gasteiger partial charge in [-0.25, -0.2) is 0 Å². The normalized spacial score (nSPS) is 15.0. The Morgan fingerprint density at radius 2 is 1.82 bits per heavy atom. The minimum absolute atomic E-state index is 0.200. The van der Waals surface area contributed by atoms with Crippen molar-refractivity contribution in [2.75, 3.05) is 19.8 Å².